The van der Waals surface area contributed by atoms with E-state index in [-0.39, 0.29) is 5.75 Å². The molecule has 0 spiro atoms. The quantitative estimate of drug-likeness (QED) is 0.323. The number of aryl methyl sites for hydroxylation is 1. The van der Waals surface area contributed by atoms with Crippen LogP contribution in [0.5, 0.6) is 5.75 Å². The zero-order chi connectivity index (χ0) is 23.0. The summed E-state index contributed by atoms with van der Waals surface area (Å²) in [6.07, 6.45) is 0. The van der Waals surface area contributed by atoms with E-state index in [1.807, 2.05) is 0 Å². The van der Waals surface area contributed by atoms with Gasteiger partial charge in [-0.25, -0.2) is 9.78 Å². The minimum Gasteiger partial charge on any atom is -0.480 e. The molecule has 0 unspecified atom stereocenters. The topological polar surface area (TPSA) is 149 Å². The van der Waals surface area contributed by atoms with Crippen LogP contribution in [0.4, 0.5) is 5.69 Å². The van der Waals surface area contributed by atoms with Crippen molar-refractivity contribution in [1.29, 1.82) is 0 Å². The first-order chi connectivity index (χ1) is 15.1. The molecular formula is C20H15N3O7S2. The molecule has 3 aromatic rings. The van der Waals surface area contributed by atoms with Crippen LogP contribution >= 0.6 is 11.8 Å². The summed E-state index contributed by atoms with van der Waals surface area (Å²) in [5.41, 5.74) is 1.02. The number of carboxylic acids is 1. The van der Waals surface area contributed by atoms with Gasteiger partial charge in [-0.05, 0) is 42.8 Å². The number of benzene rings is 2. The summed E-state index contributed by atoms with van der Waals surface area (Å²) in [4.78, 5) is 29.7. The monoisotopic (exact) mass is 473 g/mol. The summed E-state index contributed by atoms with van der Waals surface area (Å²) >= 11 is 1.30. The van der Waals surface area contributed by atoms with E-state index in [0.717, 1.165) is 6.07 Å². The number of carbonyl (C=O) groups is 1. The minimum absolute atomic E-state index is 0.0274. The third-order valence-corrected chi connectivity index (χ3v) is 6.97. The van der Waals surface area contributed by atoms with Crippen molar-refractivity contribution in [1.82, 2.24) is 4.98 Å². The Morgan fingerprint density at radius 1 is 1.22 bits per heavy atom. The Labute approximate surface area is 186 Å². The lowest BCUT2D eigenvalue weighted by molar-refractivity contribution is -0.387. The predicted octanol–water partition coefficient (Wildman–Crippen LogP) is 3.17. The van der Waals surface area contributed by atoms with Gasteiger partial charge in [0, 0.05) is 17.2 Å². The Balaban J connectivity index is 1.63. The second-order valence-corrected chi connectivity index (χ2v) is 9.44. The van der Waals surface area contributed by atoms with Gasteiger partial charge in [0.15, 0.2) is 10.9 Å². The third-order valence-electron chi connectivity index (χ3n) is 4.60. The van der Waals surface area contributed by atoms with E-state index in [4.69, 9.17) is 9.29 Å². The van der Waals surface area contributed by atoms with E-state index < -0.39 is 37.6 Å². The van der Waals surface area contributed by atoms with Crippen molar-refractivity contribution in [2.45, 2.75) is 17.9 Å². The van der Waals surface area contributed by atoms with Gasteiger partial charge in [-0.15, -0.1) is 11.8 Å². The molecule has 1 aromatic heterocycles. The maximum atomic E-state index is 12.7. The number of pyridine rings is 1. The first kappa shape index (κ1) is 21.7. The van der Waals surface area contributed by atoms with Crippen LogP contribution < -0.4 is 4.18 Å². The van der Waals surface area contributed by atoms with Gasteiger partial charge in [0.1, 0.15) is 10.8 Å². The number of rotatable bonds is 6. The fraction of sp³-hybridized carbons (Fsp3) is 0.150. The number of aromatic nitrogens is 1. The number of aliphatic imine (C=N–C) groups is 1. The molecule has 0 fully saturated rings. The highest BCUT2D eigenvalue weighted by Crippen LogP contribution is 2.30. The van der Waals surface area contributed by atoms with Gasteiger partial charge in [0.2, 0.25) is 0 Å². The van der Waals surface area contributed by atoms with Gasteiger partial charge < -0.3 is 9.29 Å². The maximum Gasteiger partial charge on any atom is 0.346 e. The Morgan fingerprint density at radius 3 is 2.69 bits per heavy atom. The van der Waals surface area contributed by atoms with Crippen LogP contribution in [0.2, 0.25) is 0 Å². The fourth-order valence-electron chi connectivity index (χ4n) is 3.07. The third kappa shape index (κ3) is 4.27. The highest BCUT2D eigenvalue weighted by molar-refractivity contribution is 8.14. The van der Waals surface area contributed by atoms with Gasteiger partial charge in [-0.2, -0.15) is 8.42 Å². The molecule has 4 rings (SSSR count). The summed E-state index contributed by atoms with van der Waals surface area (Å²) in [6, 6.07) is 10.7. The molecule has 0 amide bonds. The van der Waals surface area contributed by atoms with E-state index in [0.29, 0.717) is 33.0 Å². The van der Waals surface area contributed by atoms with Crippen molar-refractivity contribution in [3.63, 3.8) is 0 Å². The maximum absolute atomic E-state index is 12.7. The van der Waals surface area contributed by atoms with Crippen molar-refractivity contribution >= 4 is 49.5 Å². The van der Waals surface area contributed by atoms with E-state index >= 15 is 0 Å². The van der Waals surface area contributed by atoms with E-state index in [1.165, 1.54) is 36.0 Å². The summed E-state index contributed by atoms with van der Waals surface area (Å²) in [5, 5.41) is 21.4. The zero-order valence-electron chi connectivity index (χ0n) is 16.5. The minimum atomic E-state index is -4.45. The molecule has 1 N–H and O–H groups in total. The molecule has 0 aliphatic carbocycles. The molecule has 1 aliphatic rings. The Bertz CT molecular complexity index is 1400. The van der Waals surface area contributed by atoms with Crippen LogP contribution in [0.25, 0.3) is 10.9 Å². The lowest BCUT2D eigenvalue weighted by atomic mass is 10.2. The first-order valence-electron chi connectivity index (χ1n) is 9.18. The van der Waals surface area contributed by atoms with Crippen molar-refractivity contribution < 1.29 is 27.4 Å². The largest absolute Gasteiger partial charge is 0.480 e. The smallest absolute Gasteiger partial charge is 0.346 e. The molecular weight excluding hydrogens is 458 g/mol. The standard InChI is InChI=1S/C20H15N3O7S2/c1-11-2-7-18(17(8-11)23(26)27)32(28,29)30-13-4-6-14-12(9-13)3-5-15(21-14)19-22-16(10-31-19)20(24)25/h2-9,16H,10H2,1H3,(H,24,25)/t16-/m1/s1. The number of hydrogen-bond donors (Lipinski definition) is 1. The second-order valence-electron chi connectivity index (χ2n) is 6.92. The van der Waals surface area contributed by atoms with Gasteiger partial charge >= 0.3 is 16.1 Å². The zero-order valence-corrected chi connectivity index (χ0v) is 18.1. The molecule has 2 heterocycles. The van der Waals surface area contributed by atoms with Gasteiger partial charge in [0.05, 0.1) is 16.1 Å². The number of aliphatic carboxylic acids is 1. The molecule has 1 aliphatic heterocycles. The Hall–Kier alpha value is -3.51. The summed E-state index contributed by atoms with van der Waals surface area (Å²) in [5.74, 6) is -0.689. The molecule has 0 radical (unpaired) electrons. The lowest BCUT2D eigenvalue weighted by Crippen LogP contribution is -2.17. The van der Waals surface area contributed by atoms with Crippen molar-refractivity contribution in [2.24, 2.45) is 4.99 Å². The van der Waals surface area contributed by atoms with Crippen LogP contribution in [0.3, 0.4) is 0 Å². The normalized spacial score (nSPS) is 16.0. The van der Waals surface area contributed by atoms with Crippen molar-refractivity contribution in [2.75, 3.05) is 5.75 Å². The van der Waals surface area contributed by atoms with Crippen molar-refractivity contribution in [3.05, 3.63) is 69.9 Å². The first-order valence-corrected chi connectivity index (χ1v) is 11.6. The number of hydrogen-bond acceptors (Lipinski definition) is 9. The Kier molecular flexibility index (Phi) is 5.57. The van der Waals surface area contributed by atoms with Crippen LogP contribution in [0, 0.1) is 17.0 Å². The highest BCUT2D eigenvalue weighted by Gasteiger charge is 2.28. The van der Waals surface area contributed by atoms with E-state index in [1.54, 1.807) is 25.1 Å². The number of nitrogens with zero attached hydrogens (tertiary/aromatic N) is 3. The average molecular weight is 473 g/mol. The molecule has 0 saturated carbocycles. The highest BCUT2D eigenvalue weighted by atomic mass is 32.2. The summed E-state index contributed by atoms with van der Waals surface area (Å²) < 4.78 is 30.5. The number of fused-ring (bicyclic) bond motifs is 1. The Morgan fingerprint density at radius 2 is 2.00 bits per heavy atom. The van der Waals surface area contributed by atoms with Gasteiger partial charge in [-0.1, -0.05) is 12.1 Å². The summed E-state index contributed by atoms with van der Waals surface area (Å²) in [6.45, 7) is 1.62. The van der Waals surface area contributed by atoms with Gasteiger partial charge in [0.25, 0.3) is 5.69 Å². The fourth-order valence-corrected chi connectivity index (χ4v) is 5.14. The van der Waals surface area contributed by atoms with Crippen LogP contribution in [-0.4, -0.2) is 46.2 Å². The molecule has 10 nitrogen and oxygen atoms in total. The van der Waals surface area contributed by atoms with Crippen LogP contribution in [-0.2, 0) is 14.9 Å². The van der Waals surface area contributed by atoms with Crippen LogP contribution in [0.15, 0.2) is 58.4 Å². The molecule has 32 heavy (non-hydrogen) atoms. The SMILES string of the molecule is Cc1ccc(S(=O)(=O)Oc2ccc3nc(C4=N[C@@H](C(=O)O)CS4)ccc3c2)c([N+](=O)[O-])c1. The van der Waals surface area contributed by atoms with Crippen molar-refractivity contribution in [3.8, 4) is 5.75 Å². The summed E-state index contributed by atoms with van der Waals surface area (Å²) in [7, 11) is -4.45. The van der Waals surface area contributed by atoms with Gasteiger partial charge in [-0.3, -0.25) is 15.1 Å². The molecule has 1 atom stereocenters. The molecule has 0 saturated heterocycles. The van der Waals surface area contributed by atoms with Crippen LogP contribution in [0.1, 0.15) is 11.3 Å². The number of nitro groups is 1. The number of carboxylic acid groups (broad SMARTS) is 1. The number of nitro benzene ring substituents is 1. The molecule has 164 valence electrons. The lowest BCUT2D eigenvalue weighted by Gasteiger charge is -2.09. The molecule has 2 aromatic carbocycles. The van der Waals surface area contributed by atoms with E-state index in [2.05, 4.69) is 9.98 Å². The second kappa shape index (κ2) is 8.20. The molecule has 0 bridgehead atoms. The number of thioether (sulfide) groups is 1. The van der Waals surface area contributed by atoms with E-state index in [9.17, 15) is 23.3 Å². The average Bonchev–Trinajstić information content (AvgIpc) is 3.23. The molecule has 12 heteroatoms. The predicted molar refractivity (Wildman–Crippen MR) is 118 cm³/mol.